The molecule has 0 aliphatic rings. The Kier molecular flexibility index (Phi) is 2.77. The maximum Gasteiger partial charge on any atom is 0.0704 e. The number of rotatable bonds is 2. The maximum absolute atomic E-state index is 7.41. The summed E-state index contributed by atoms with van der Waals surface area (Å²) in [5.74, 6) is 0. The lowest BCUT2D eigenvalue weighted by Gasteiger charge is -2.19. The Balaban J connectivity index is 2.29. The van der Waals surface area contributed by atoms with Gasteiger partial charge in [-0.05, 0) is 42.8 Å². The van der Waals surface area contributed by atoms with Crippen LogP contribution in [0.25, 0.3) is 11.3 Å². The van der Waals surface area contributed by atoms with Gasteiger partial charge >= 0.3 is 0 Å². The molecule has 0 saturated heterocycles. The van der Waals surface area contributed by atoms with E-state index in [1.807, 2.05) is 18.3 Å². The first-order valence-corrected chi connectivity index (χ1v) is 6.63. The van der Waals surface area contributed by atoms with Gasteiger partial charge in [0.15, 0.2) is 0 Å². The maximum atomic E-state index is 7.41. The third kappa shape index (κ3) is 3.66. The van der Waals surface area contributed by atoms with Crippen molar-refractivity contribution in [2.24, 2.45) is 5.41 Å². The van der Waals surface area contributed by atoms with Gasteiger partial charge < -0.3 is 0 Å². The Morgan fingerprint density at radius 2 is 1.84 bits per heavy atom. The molecule has 0 N–H and O–H groups in total. The highest BCUT2D eigenvalue weighted by Crippen LogP contribution is 2.25. The molecule has 2 aromatic rings. The smallest absolute Gasteiger partial charge is 0.0704 e. The van der Waals surface area contributed by atoms with Gasteiger partial charge in [0.1, 0.15) is 0 Å². The van der Waals surface area contributed by atoms with Crippen LogP contribution in [-0.2, 0) is 6.42 Å². The van der Waals surface area contributed by atoms with E-state index in [2.05, 4.69) is 38.7 Å². The van der Waals surface area contributed by atoms with Crippen LogP contribution in [0.15, 0.2) is 36.5 Å². The zero-order valence-corrected chi connectivity index (χ0v) is 12.1. The second kappa shape index (κ2) is 5.16. The molecule has 0 amide bonds. The summed E-state index contributed by atoms with van der Waals surface area (Å²) in [4.78, 5) is 4.55. The number of aryl methyl sites for hydroxylation is 2. The van der Waals surface area contributed by atoms with E-state index in [1.54, 1.807) is 12.1 Å². The summed E-state index contributed by atoms with van der Waals surface area (Å²) in [5, 5.41) is 0. The lowest BCUT2D eigenvalue weighted by atomic mass is 9.87. The second-order valence-corrected chi connectivity index (χ2v) is 6.31. The molecule has 0 atom stereocenters. The number of nitrogens with zero attached hydrogens (tertiary/aromatic N) is 1. The SMILES string of the molecule is [2H]C([2H])([2H])c1ccc(-c2cc(C)c(CC(C)(C)C)cn2)cc1. The van der Waals surface area contributed by atoms with Crippen molar-refractivity contribution in [1.82, 2.24) is 4.98 Å². The molecular weight excluding hydrogens is 230 g/mol. The highest BCUT2D eigenvalue weighted by Gasteiger charge is 2.13. The quantitative estimate of drug-likeness (QED) is 0.740. The van der Waals surface area contributed by atoms with Crippen LogP contribution < -0.4 is 0 Å². The highest BCUT2D eigenvalue weighted by molar-refractivity contribution is 5.60. The van der Waals surface area contributed by atoms with Gasteiger partial charge in [-0.1, -0.05) is 50.6 Å². The van der Waals surface area contributed by atoms with Gasteiger partial charge in [0.25, 0.3) is 0 Å². The third-order valence-electron chi connectivity index (χ3n) is 3.12. The molecule has 0 aliphatic heterocycles. The van der Waals surface area contributed by atoms with Crippen LogP contribution in [0.5, 0.6) is 0 Å². The molecule has 0 unspecified atom stereocenters. The predicted molar refractivity (Wildman–Crippen MR) is 82.3 cm³/mol. The number of benzene rings is 1. The number of pyridine rings is 1. The van der Waals surface area contributed by atoms with Crippen molar-refractivity contribution in [3.8, 4) is 11.3 Å². The number of aromatic nitrogens is 1. The van der Waals surface area contributed by atoms with E-state index in [-0.39, 0.29) is 5.41 Å². The van der Waals surface area contributed by atoms with Crippen molar-refractivity contribution in [2.75, 3.05) is 0 Å². The van der Waals surface area contributed by atoms with E-state index in [0.29, 0.717) is 5.56 Å². The van der Waals surface area contributed by atoms with Crippen molar-refractivity contribution in [3.63, 3.8) is 0 Å². The molecule has 1 aromatic heterocycles. The van der Waals surface area contributed by atoms with Gasteiger partial charge in [-0.15, -0.1) is 0 Å². The lowest BCUT2D eigenvalue weighted by molar-refractivity contribution is 0.410. The molecule has 0 fully saturated rings. The molecule has 0 spiro atoms. The van der Waals surface area contributed by atoms with Crippen molar-refractivity contribution >= 4 is 0 Å². The Hall–Kier alpha value is -1.63. The standard InChI is InChI=1S/C18H23N/c1-13-6-8-15(9-7-13)17-10-14(2)16(12-19-17)11-18(3,4)5/h6-10,12H,11H2,1-5H3/i1D3. The summed E-state index contributed by atoms with van der Waals surface area (Å²) in [6.07, 6.45) is 2.93. The summed E-state index contributed by atoms with van der Waals surface area (Å²) in [7, 11) is 0. The molecule has 100 valence electrons. The molecule has 0 bridgehead atoms. The van der Waals surface area contributed by atoms with Crippen LogP contribution in [0.2, 0.25) is 0 Å². The lowest BCUT2D eigenvalue weighted by Crippen LogP contribution is -2.10. The minimum atomic E-state index is -2.06. The minimum Gasteiger partial charge on any atom is -0.256 e. The van der Waals surface area contributed by atoms with Crippen LogP contribution in [0.4, 0.5) is 0 Å². The third-order valence-corrected chi connectivity index (χ3v) is 3.12. The molecule has 1 aromatic carbocycles. The summed E-state index contributed by atoms with van der Waals surface area (Å²) >= 11 is 0. The summed E-state index contributed by atoms with van der Waals surface area (Å²) in [5.41, 5.74) is 4.90. The Morgan fingerprint density at radius 3 is 2.37 bits per heavy atom. The average Bonchev–Trinajstić information content (AvgIpc) is 2.39. The first kappa shape index (κ1) is 10.2. The zero-order valence-electron chi connectivity index (χ0n) is 15.1. The predicted octanol–water partition coefficient (Wildman–Crippen LogP) is 4.95. The van der Waals surface area contributed by atoms with Crippen LogP contribution in [-0.4, -0.2) is 4.98 Å². The van der Waals surface area contributed by atoms with Gasteiger partial charge in [-0.3, -0.25) is 4.98 Å². The van der Waals surface area contributed by atoms with Crippen LogP contribution >= 0.6 is 0 Å². The normalized spacial score (nSPS) is 14.6. The molecule has 0 aliphatic carbocycles. The highest BCUT2D eigenvalue weighted by atomic mass is 14.7. The Labute approximate surface area is 120 Å². The van der Waals surface area contributed by atoms with E-state index in [0.717, 1.165) is 17.7 Å². The van der Waals surface area contributed by atoms with Gasteiger partial charge in [0.2, 0.25) is 0 Å². The van der Waals surface area contributed by atoms with Crippen molar-refractivity contribution < 1.29 is 4.11 Å². The molecule has 0 radical (unpaired) electrons. The second-order valence-electron chi connectivity index (χ2n) is 6.31. The van der Waals surface area contributed by atoms with Crippen molar-refractivity contribution in [3.05, 3.63) is 53.2 Å². The fraction of sp³-hybridized carbons (Fsp3) is 0.389. The Morgan fingerprint density at radius 1 is 1.16 bits per heavy atom. The van der Waals surface area contributed by atoms with Gasteiger partial charge in [-0.2, -0.15) is 0 Å². The van der Waals surface area contributed by atoms with E-state index < -0.39 is 6.85 Å². The van der Waals surface area contributed by atoms with E-state index in [9.17, 15) is 0 Å². The molecule has 1 nitrogen and oxygen atoms in total. The Bertz CT molecular complexity index is 650. The van der Waals surface area contributed by atoms with Gasteiger partial charge in [0.05, 0.1) is 5.69 Å². The van der Waals surface area contributed by atoms with Gasteiger partial charge in [0, 0.05) is 15.9 Å². The topological polar surface area (TPSA) is 12.9 Å². The van der Waals surface area contributed by atoms with Crippen molar-refractivity contribution in [1.29, 1.82) is 0 Å². The monoisotopic (exact) mass is 256 g/mol. The zero-order chi connectivity index (χ0) is 16.5. The molecule has 0 saturated carbocycles. The minimum absolute atomic E-state index is 0.231. The first-order valence-electron chi connectivity index (χ1n) is 8.13. The summed E-state index contributed by atoms with van der Waals surface area (Å²) < 4.78 is 22.2. The fourth-order valence-corrected chi connectivity index (χ4v) is 2.14. The van der Waals surface area contributed by atoms with Crippen LogP contribution in [0, 0.1) is 19.2 Å². The molecule has 1 heteroatoms. The van der Waals surface area contributed by atoms with Crippen LogP contribution in [0.1, 0.15) is 41.6 Å². The van der Waals surface area contributed by atoms with Crippen molar-refractivity contribution in [2.45, 2.75) is 41.0 Å². The first-order chi connectivity index (χ1) is 10.1. The average molecular weight is 256 g/mol. The molecule has 19 heavy (non-hydrogen) atoms. The molecular formula is C18H23N. The summed E-state index contributed by atoms with van der Waals surface area (Å²) in [6.45, 7) is 6.69. The molecule has 2 rings (SSSR count). The largest absolute Gasteiger partial charge is 0.256 e. The fourth-order valence-electron chi connectivity index (χ4n) is 2.14. The van der Waals surface area contributed by atoms with E-state index in [1.165, 1.54) is 11.1 Å². The van der Waals surface area contributed by atoms with Crippen LogP contribution in [0.3, 0.4) is 0 Å². The molecule has 1 heterocycles. The van der Waals surface area contributed by atoms with E-state index in [4.69, 9.17) is 4.11 Å². The number of hydrogen-bond donors (Lipinski definition) is 0. The van der Waals surface area contributed by atoms with Gasteiger partial charge in [-0.25, -0.2) is 0 Å². The summed E-state index contributed by atoms with van der Waals surface area (Å²) in [6, 6.07) is 9.04. The van der Waals surface area contributed by atoms with E-state index >= 15 is 0 Å². The number of hydrogen-bond acceptors (Lipinski definition) is 1.